The van der Waals surface area contributed by atoms with Gasteiger partial charge in [-0.1, -0.05) is 0 Å². The fourth-order valence-corrected chi connectivity index (χ4v) is 2.91. The lowest BCUT2D eigenvalue weighted by Crippen LogP contribution is -2.54. The van der Waals surface area contributed by atoms with E-state index in [9.17, 15) is 10.1 Å². The molecule has 0 aromatic heterocycles. The summed E-state index contributed by atoms with van der Waals surface area (Å²) in [6, 6.07) is 2.72. The van der Waals surface area contributed by atoms with Gasteiger partial charge in [0, 0.05) is 25.7 Å². The molecule has 0 radical (unpaired) electrons. The van der Waals surface area contributed by atoms with Crippen molar-refractivity contribution in [3.05, 3.63) is 0 Å². The number of carbonyl (C=O) groups is 1. The van der Waals surface area contributed by atoms with E-state index in [4.69, 9.17) is 0 Å². The van der Waals surface area contributed by atoms with Crippen LogP contribution in [0.3, 0.4) is 0 Å². The Balaban J connectivity index is 1.83. The van der Waals surface area contributed by atoms with Crippen molar-refractivity contribution in [1.82, 2.24) is 15.5 Å². The fraction of sp³-hybridized carbons (Fsp3) is 0.846. The van der Waals surface area contributed by atoms with Crippen LogP contribution in [0.5, 0.6) is 0 Å². The van der Waals surface area contributed by atoms with Crippen molar-refractivity contribution in [3.8, 4) is 6.07 Å². The maximum Gasteiger partial charge on any atom is 0.235 e. The zero-order valence-corrected chi connectivity index (χ0v) is 11.0. The highest BCUT2D eigenvalue weighted by Crippen LogP contribution is 2.28. The van der Waals surface area contributed by atoms with Crippen LogP contribution in [0.25, 0.3) is 0 Å². The van der Waals surface area contributed by atoms with Gasteiger partial charge in [-0.25, -0.2) is 0 Å². The smallest absolute Gasteiger partial charge is 0.235 e. The van der Waals surface area contributed by atoms with Crippen LogP contribution in [-0.2, 0) is 4.79 Å². The van der Waals surface area contributed by atoms with Crippen LogP contribution in [0.1, 0.15) is 32.6 Å². The first-order valence-electron chi connectivity index (χ1n) is 6.81. The van der Waals surface area contributed by atoms with Gasteiger partial charge in [-0.2, -0.15) is 5.26 Å². The molecular weight excluding hydrogens is 228 g/mol. The number of piperazine rings is 1. The van der Waals surface area contributed by atoms with Crippen molar-refractivity contribution in [2.24, 2.45) is 0 Å². The van der Waals surface area contributed by atoms with Crippen LogP contribution in [0.15, 0.2) is 0 Å². The number of nitrogens with one attached hydrogen (secondary N) is 2. The molecule has 18 heavy (non-hydrogen) atoms. The van der Waals surface area contributed by atoms with Gasteiger partial charge in [0.05, 0.1) is 12.6 Å². The Kier molecular flexibility index (Phi) is 4.20. The average molecular weight is 250 g/mol. The molecule has 2 rings (SSSR count). The van der Waals surface area contributed by atoms with Gasteiger partial charge in [-0.05, 0) is 32.6 Å². The highest BCUT2D eigenvalue weighted by molar-refractivity contribution is 5.79. The van der Waals surface area contributed by atoms with Crippen molar-refractivity contribution in [2.75, 3.05) is 26.2 Å². The van der Waals surface area contributed by atoms with Crippen molar-refractivity contribution in [2.45, 2.75) is 44.2 Å². The van der Waals surface area contributed by atoms with Gasteiger partial charge in [-0.15, -0.1) is 0 Å². The molecule has 2 aliphatic rings. The zero-order chi connectivity index (χ0) is 13.0. The standard InChI is InChI=1S/C13H22N4O/c1-11-8-17(7-6-15-11)9-12(18)16-13(10-14)4-2-3-5-13/h11,15H,2-9H2,1H3,(H,16,18)/t11-/m1/s1. The minimum atomic E-state index is -0.587. The molecule has 0 spiro atoms. The summed E-state index contributed by atoms with van der Waals surface area (Å²) in [7, 11) is 0. The van der Waals surface area contributed by atoms with Crippen LogP contribution < -0.4 is 10.6 Å². The number of carbonyl (C=O) groups excluding carboxylic acids is 1. The summed E-state index contributed by atoms with van der Waals surface area (Å²) in [5.74, 6) is -0.00690. The van der Waals surface area contributed by atoms with E-state index in [-0.39, 0.29) is 5.91 Å². The van der Waals surface area contributed by atoms with Gasteiger partial charge in [0.15, 0.2) is 0 Å². The molecule has 5 heteroatoms. The molecule has 1 aliphatic heterocycles. The third-order valence-corrected chi connectivity index (χ3v) is 3.87. The summed E-state index contributed by atoms with van der Waals surface area (Å²) in [4.78, 5) is 14.2. The quantitative estimate of drug-likeness (QED) is 0.752. The molecule has 2 N–H and O–H groups in total. The van der Waals surface area contributed by atoms with Gasteiger partial charge in [0.1, 0.15) is 5.54 Å². The first kappa shape index (κ1) is 13.3. The lowest BCUT2D eigenvalue weighted by molar-refractivity contribution is -0.123. The molecule has 1 saturated heterocycles. The summed E-state index contributed by atoms with van der Waals surface area (Å²) >= 11 is 0. The Labute approximate surface area is 109 Å². The van der Waals surface area contributed by atoms with Crippen LogP contribution >= 0.6 is 0 Å². The Morgan fingerprint density at radius 3 is 2.89 bits per heavy atom. The van der Waals surface area contributed by atoms with Gasteiger partial charge in [0.2, 0.25) is 5.91 Å². The predicted molar refractivity (Wildman–Crippen MR) is 68.9 cm³/mol. The normalized spacial score (nSPS) is 27.7. The third-order valence-electron chi connectivity index (χ3n) is 3.87. The molecule has 0 bridgehead atoms. The molecule has 5 nitrogen and oxygen atoms in total. The van der Waals surface area contributed by atoms with Gasteiger partial charge in [-0.3, -0.25) is 9.69 Å². The molecule has 1 atom stereocenters. The van der Waals surface area contributed by atoms with E-state index < -0.39 is 5.54 Å². The highest BCUT2D eigenvalue weighted by Gasteiger charge is 2.35. The summed E-state index contributed by atoms with van der Waals surface area (Å²) in [5.41, 5.74) is -0.587. The monoisotopic (exact) mass is 250 g/mol. The average Bonchev–Trinajstić information content (AvgIpc) is 2.78. The molecule has 1 saturated carbocycles. The number of amides is 1. The Hall–Kier alpha value is -1.12. The minimum Gasteiger partial charge on any atom is -0.337 e. The molecule has 100 valence electrons. The van der Waals surface area contributed by atoms with Crippen molar-refractivity contribution >= 4 is 5.91 Å². The van der Waals surface area contributed by atoms with Gasteiger partial charge < -0.3 is 10.6 Å². The number of nitriles is 1. The molecule has 0 unspecified atom stereocenters. The van der Waals surface area contributed by atoms with Crippen LogP contribution in [0.4, 0.5) is 0 Å². The third kappa shape index (κ3) is 3.21. The maximum atomic E-state index is 12.0. The van der Waals surface area contributed by atoms with Crippen LogP contribution in [0, 0.1) is 11.3 Å². The summed E-state index contributed by atoms with van der Waals surface area (Å²) < 4.78 is 0. The largest absolute Gasteiger partial charge is 0.337 e. The summed E-state index contributed by atoms with van der Waals surface area (Å²) in [5, 5.41) is 15.5. The Morgan fingerprint density at radius 2 is 2.28 bits per heavy atom. The second kappa shape index (κ2) is 5.68. The molecule has 2 fully saturated rings. The molecule has 1 amide bonds. The Morgan fingerprint density at radius 1 is 1.56 bits per heavy atom. The van der Waals surface area contributed by atoms with E-state index in [0.29, 0.717) is 12.6 Å². The lowest BCUT2D eigenvalue weighted by Gasteiger charge is -2.32. The number of nitrogens with zero attached hydrogens (tertiary/aromatic N) is 2. The van der Waals surface area contributed by atoms with Gasteiger partial charge in [0.25, 0.3) is 0 Å². The topological polar surface area (TPSA) is 68.2 Å². The molecule has 1 aliphatic carbocycles. The second-order valence-corrected chi connectivity index (χ2v) is 5.54. The summed E-state index contributed by atoms with van der Waals surface area (Å²) in [6.45, 7) is 5.26. The molecular formula is C13H22N4O. The Bertz CT molecular complexity index is 343. The van der Waals surface area contributed by atoms with E-state index in [1.54, 1.807) is 0 Å². The molecule has 0 aromatic rings. The summed E-state index contributed by atoms with van der Waals surface area (Å²) in [6.07, 6.45) is 3.68. The first-order chi connectivity index (χ1) is 8.63. The van der Waals surface area contributed by atoms with Crippen molar-refractivity contribution < 1.29 is 4.79 Å². The number of hydrogen-bond acceptors (Lipinski definition) is 4. The number of rotatable bonds is 3. The van der Waals surface area contributed by atoms with E-state index in [1.165, 1.54) is 0 Å². The van der Waals surface area contributed by atoms with Crippen LogP contribution in [-0.4, -0.2) is 48.6 Å². The zero-order valence-electron chi connectivity index (χ0n) is 11.0. The lowest BCUT2D eigenvalue weighted by atomic mass is 10.00. The van der Waals surface area contributed by atoms with E-state index in [1.807, 2.05) is 0 Å². The first-order valence-corrected chi connectivity index (χ1v) is 6.81. The van der Waals surface area contributed by atoms with Crippen molar-refractivity contribution in [3.63, 3.8) is 0 Å². The van der Waals surface area contributed by atoms with E-state index >= 15 is 0 Å². The molecule has 1 heterocycles. The van der Waals surface area contributed by atoms with Crippen molar-refractivity contribution in [1.29, 1.82) is 5.26 Å². The maximum absolute atomic E-state index is 12.0. The van der Waals surface area contributed by atoms with E-state index in [2.05, 4.69) is 28.5 Å². The fourth-order valence-electron chi connectivity index (χ4n) is 2.91. The number of hydrogen-bond donors (Lipinski definition) is 2. The predicted octanol–water partition coefficient (Wildman–Crippen LogP) is 0.233. The highest BCUT2D eigenvalue weighted by atomic mass is 16.2. The minimum absolute atomic E-state index is 0.00690. The van der Waals surface area contributed by atoms with Crippen LogP contribution in [0.2, 0.25) is 0 Å². The second-order valence-electron chi connectivity index (χ2n) is 5.54. The molecule has 0 aromatic carbocycles. The van der Waals surface area contributed by atoms with E-state index in [0.717, 1.165) is 45.3 Å². The van der Waals surface area contributed by atoms with Gasteiger partial charge >= 0.3 is 0 Å². The SMILES string of the molecule is C[C@@H]1CN(CC(=O)NC2(C#N)CCCC2)CCN1.